The number of nitrogens with one attached hydrogen (secondary N) is 1. The van der Waals surface area contributed by atoms with Gasteiger partial charge in [0.05, 0.1) is 12.7 Å². The van der Waals surface area contributed by atoms with E-state index in [9.17, 15) is 17.2 Å². The molecule has 1 aromatic rings. The van der Waals surface area contributed by atoms with E-state index in [1.807, 2.05) is 0 Å². The number of rotatable bonds is 7. The van der Waals surface area contributed by atoms with E-state index in [1.165, 1.54) is 0 Å². The van der Waals surface area contributed by atoms with Gasteiger partial charge in [-0.15, -0.1) is 0 Å². The number of alkyl halides is 2. The Hall–Kier alpha value is -1.06. The topological polar surface area (TPSA) is 92.1 Å². The Balaban J connectivity index is 3.00. The van der Waals surface area contributed by atoms with Crippen LogP contribution in [0.25, 0.3) is 0 Å². The number of nitrogens with two attached hydrogens (primary N) is 1. The average Bonchev–Trinajstić information content (AvgIpc) is 2.77. The summed E-state index contributed by atoms with van der Waals surface area (Å²) in [6.45, 7) is 0.736. The molecule has 0 atom stereocenters. The molecule has 0 aliphatic heterocycles. The maximum absolute atomic E-state index is 12.4. The molecule has 0 bridgehead atoms. The summed E-state index contributed by atoms with van der Waals surface area (Å²) in [7, 11) is -3.99. The Kier molecular flexibility index (Phi) is 5.17. The molecule has 0 amide bonds. The summed E-state index contributed by atoms with van der Waals surface area (Å²) in [6, 6.07) is 0. The number of imidazole rings is 1. The SMILES string of the molecule is CCc1ncc(S(=O)(=O)N(CCN)CC(F)F)[nH]1. The number of hydrogen-bond donors (Lipinski definition) is 2. The zero-order chi connectivity index (χ0) is 13.8. The van der Waals surface area contributed by atoms with Crippen molar-refractivity contribution >= 4 is 10.0 Å². The van der Waals surface area contributed by atoms with Crippen molar-refractivity contribution < 1.29 is 17.2 Å². The lowest BCUT2D eigenvalue weighted by atomic mass is 10.5. The van der Waals surface area contributed by atoms with Crippen molar-refractivity contribution in [2.24, 2.45) is 5.73 Å². The summed E-state index contributed by atoms with van der Waals surface area (Å²) < 4.78 is 49.5. The van der Waals surface area contributed by atoms with Crippen LogP contribution in [0, 0.1) is 0 Å². The molecular formula is C9H16F2N4O2S. The van der Waals surface area contributed by atoms with Crippen LogP contribution >= 0.6 is 0 Å². The van der Waals surface area contributed by atoms with E-state index in [1.54, 1.807) is 6.92 Å². The normalized spacial score (nSPS) is 12.6. The van der Waals surface area contributed by atoms with Gasteiger partial charge in [-0.25, -0.2) is 22.2 Å². The molecule has 3 N–H and O–H groups in total. The quantitative estimate of drug-likeness (QED) is 0.746. The fourth-order valence-electron chi connectivity index (χ4n) is 1.40. The minimum Gasteiger partial charge on any atom is -0.332 e. The van der Waals surface area contributed by atoms with Crippen molar-refractivity contribution in [1.82, 2.24) is 14.3 Å². The number of hydrogen-bond acceptors (Lipinski definition) is 4. The van der Waals surface area contributed by atoms with Gasteiger partial charge in [0.1, 0.15) is 5.82 Å². The summed E-state index contributed by atoms with van der Waals surface area (Å²) in [5, 5.41) is -0.187. The van der Waals surface area contributed by atoms with E-state index < -0.39 is 23.0 Å². The van der Waals surface area contributed by atoms with Gasteiger partial charge in [0.15, 0.2) is 5.03 Å². The zero-order valence-corrected chi connectivity index (χ0v) is 10.8. The lowest BCUT2D eigenvalue weighted by Gasteiger charge is -2.19. The van der Waals surface area contributed by atoms with E-state index in [2.05, 4.69) is 9.97 Å². The highest BCUT2D eigenvalue weighted by Gasteiger charge is 2.28. The minimum absolute atomic E-state index is 0.0271. The molecule has 6 nitrogen and oxygen atoms in total. The first kappa shape index (κ1) is 15.0. The third kappa shape index (κ3) is 3.47. The van der Waals surface area contributed by atoms with E-state index in [0.29, 0.717) is 16.6 Å². The molecule has 0 radical (unpaired) electrons. The smallest absolute Gasteiger partial charge is 0.260 e. The van der Waals surface area contributed by atoms with E-state index in [0.717, 1.165) is 6.20 Å². The van der Waals surface area contributed by atoms with Gasteiger partial charge < -0.3 is 10.7 Å². The van der Waals surface area contributed by atoms with Crippen LogP contribution in [0.15, 0.2) is 11.2 Å². The fourth-order valence-corrected chi connectivity index (χ4v) is 2.77. The van der Waals surface area contributed by atoms with Crippen molar-refractivity contribution in [3.05, 3.63) is 12.0 Å². The summed E-state index contributed by atoms with van der Waals surface area (Å²) in [5.74, 6) is 0.485. The molecule has 0 fully saturated rings. The van der Waals surface area contributed by atoms with Crippen molar-refractivity contribution in [3.8, 4) is 0 Å². The Labute approximate surface area is 104 Å². The van der Waals surface area contributed by atoms with E-state index in [-0.39, 0.29) is 18.1 Å². The highest BCUT2D eigenvalue weighted by Crippen LogP contribution is 2.14. The Morgan fingerprint density at radius 3 is 2.67 bits per heavy atom. The predicted octanol–water partition coefficient (Wildman–Crippen LogP) is 0.187. The second-order valence-corrected chi connectivity index (χ2v) is 5.50. The summed E-state index contributed by atoms with van der Waals surface area (Å²) in [6.07, 6.45) is -1.09. The molecule has 1 heterocycles. The second kappa shape index (κ2) is 6.21. The first-order chi connectivity index (χ1) is 8.41. The first-order valence-electron chi connectivity index (χ1n) is 5.44. The molecule has 0 saturated carbocycles. The Bertz CT molecular complexity index is 475. The second-order valence-electron chi connectivity index (χ2n) is 3.59. The Morgan fingerprint density at radius 2 is 2.22 bits per heavy atom. The number of aryl methyl sites for hydroxylation is 1. The number of aromatic amines is 1. The molecule has 0 aliphatic rings. The maximum Gasteiger partial charge on any atom is 0.260 e. The van der Waals surface area contributed by atoms with Crippen LogP contribution in [-0.2, 0) is 16.4 Å². The molecule has 0 aromatic carbocycles. The zero-order valence-electron chi connectivity index (χ0n) is 9.94. The monoisotopic (exact) mass is 282 g/mol. The lowest BCUT2D eigenvalue weighted by molar-refractivity contribution is 0.120. The fraction of sp³-hybridized carbons (Fsp3) is 0.667. The van der Waals surface area contributed by atoms with Gasteiger partial charge in [0.2, 0.25) is 0 Å². The Morgan fingerprint density at radius 1 is 1.56 bits per heavy atom. The van der Waals surface area contributed by atoms with Gasteiger partial charge in [0, 0.05) is 19.5 Å². The number of H-pyrrole nitrogens is 1. The first-order valence-corrected chi connectivity index (χ1v) is 6.88. The molecule has 1 rings (SSSR count). The van der Waals surface area contributed by atoms with Gasteiger partial charge in [-0.1, -0.05) is 6.92 Å². The van der Waals surface area contributed by atoms with Crippen LogP contribution in [0.3, 0.4) is 0 Å². The molecule has 1 aromatic heterocycles. The molecule has 0 unspecified atom stereocenters. The third-order valence-corrected chi connectivity index (χ3v) is 4.05. The highest BCUT2D eigenvalue weighted by atomic mass is 32.2. The van der Waals surface area contributed by atoms with Gasteiger partial charge in [-0.3, -0.25) is 0 Å². The molecule has 0 aliphatic carbocycles. The van der Waals surface area contributed by atoms with Crippen molar-refractivity contribution in [1.29, 1.82) is 0 Å². The van der Waals surface area contributed by atoms with Crippen LogP contribution in [0.4, 0.5) is 8.78 Å². The minimum atomic E-state index is -3.99. The molecule has 104 valence electrons. The van der Waals surface area contributed by atoms with Crippen molar-refractivity contribution in [2.75, 3.05) is 19.6 Å². The predicted molar refractivity (Wildman–Crippen MR) is 61.8 cm³/mol. The van der Waals surface area contributed by atoms with Crippen LogP contribution < -0.4 is 5.73 Å². The molecule has 0 saturated heterocycles. The molecule has 0 spiro atoms. The molecular weight excluding hydrogens is 266 g/mol. The third-order valence-electron chi connectivity index (χ3n) is 2.28. The van der Waals surface area contributed by atoms with Crippen LogP contribution in [0.1, 0.15) is 12.7 Å². The summed E-state index contributed by atoms with van der Waals surface area (Å²) in [4.78, 5) is 6.43. The number of nitrogens with zero attached hydrogens (tertiary/aromatic N) is 2. The maximum atomic E-state index is 12.4. The van der Waals surface area contributed by atoms with Gasteiger partial charge >= 0.3 is 0 Å². The highest BCUT2D eigenvalue weighted by molar-refractivity contribution is 7.89. The largest absolute Gasteiger partial charge is 0.332 e. The summed E-state index contributed by atoms with van der Waals surface area (Å²) in [5.41, 5.74) is 5.23. The van der Waals surface area contributed by atoms with E-state index >= 15 is 0 Å². The van der Waals surface area contributed by atoms with Crippen LogP contribution in [-0.4, -0.2) is 48.8 Å². The van der Waals surface area contributed by atoms with Crippen LogP contribution in [0.5, 0.6) is 0 Å². The molecule has 9 heteroatoms. The number of sulfonamides is 1. The summed E-state index contributed by atoms with van der Waals surface area (Å²) >= 11 is 0. The van der Waals surface area contributed by atoms with Crippen LogP contribution in [0.2, 0.25) is 0 Å². The standard InChI is InChI=1S/C9H16F2N4O2S/c1-2-8-13-5-9(14-8)18(16,17)15(4-3-12)6-7(10)11/h5,7H,2-4,6,12H2,1H3,(H,13,14). The average molecular weight is 282 g/mol. The van der Waals surface area contributed by atoms with E-state index in [4.69, 9.17) is 5.73 Å². The molecule has 18 heavy (non-hydrogen) atoms. The van der Waals surface area contributed by atoms with Gasteiger partial charge in [-0.05, 0) is 0 Å². The van der Waals surface area contributed by atoms with Crippen molar-refractivity contribution in [3.63, 3.8) is 0 Å². The van der Waals surface area contributed by atoms with Crippen molar-refractivity contribution in [2.45, 2.75) is 24.8 Å². The number of halogens is 2. The lowest BCUT2D eigenvalue weighted by Crippen LogP contribution is -2.38. The van der Waals surface area contributed by atoms with Gasteiger partial charge in [-0.2, -0.15) is 4.31 Å². The van der Waals surface area contributed by atoms with Gasteiger partial charge in [0.25, 0.3) is 16.4 Å². The number of aromatic nitrogens is 2.